The summed E-state index contributed by atoms with van der Waals surface area (Å²) in [7, 11) is 0. The Labute approximate surface area is 398 Å². The molecule has 1 unspecified atom stereocenters. The fourth-order valence-corrected chi connectivity index (χ4v) is 8.87. The number of hydrogen-bond acceptors (Lipinski definition) is 7. The minimum absolute atomic E-state index is 0.0648. The number of unbranched alkanes of at least 4 members (excludes halogenated alkanes) is 42. The van der Waals surface area contributed by atoms with Crippen molar-refractivity contribution < 1.29 is 28.6 Å². The van der Waals surface area contributed by atoms with E-state index < -0.39 is 6.10 Å². The normalized spacial score (nSPS) is 11.9. The zero-order valence-corrected chi connectivity index (χ0v) is 43.2. The van der Waals surface area contributed by atoms with Gasteiger partial charge < -0.3 is 19.9 Å². The molecule has 0 amide bonds. The molecule has 0 rings (SSSR count). The second-order valence-electron chi connectivity index (χ2n) is 19.7. The highest BCUT2D eigenvalue weighted by molar-refractivity contribution is 5.71. The van der Waals surface area contributed by atoms with Gasteiger partial charge in [-0.05, 0) is 32.2 Å². The van der Waals surface area contributed by atoms with Gasteiger partial charge in [0.2, 0.25) is 0 Å². The Balaban J connectivity index is 4.29. The molecule has 7 nitrogen and oxygen atoms in total. The van der Waals surface area contributed by atoms with Gasteiger partial charge in [-0.25, -0.2) is 0 Å². The average molecular weight is 907 g/mol. The molecule has 0 saturated carbocycles. The maximum absolute atomic E-state index is 12.8. The van der Waals surface area contributed by atoms with Crippen LogP contribution < -0.4 is 5.73 Å². The van der Waals surface area contributed by atoms with E-state index >= 15 is 0 Å². The second-order valence-corrected chi connectivity index (χ2v) is 19.7. The van der Waals surface area contributed by atoms with Crippen molar-refractivity contribution >= 4 is 17.9 Å². The van der Waals surface area contributed by atoms with Crippen LogP contribution >= 0.6 is 0 Å². The van der Waals surface area contributed by atoms with Gasteiger partial charge in [0, 0.05) is 19.3 Å². The third kappa shape index (κ3) is 51.4. The molecule has 0 radical (unpaired) electrons. The van der Waals surface area contributed by atoms with E-state index in [2.05, 4.69) is 13.8 Å². The molecule has 0 heterocycles. The van der Waals surface area contributed by atoms with E-state index in [0.29, 0.717) is 19.3 Å². The van der Waals surface area contributed by atoms with E-state index in [9.17, 15) is 14.4 Å². The van der Waals surface area contributed by atoms with Gasteiger partial charge in [-0.2, -0.15) is 0 Å². The van der Waals surface area contributed by atoms with Gasteiger partial charge in [0.05, 0.1) is 0 Å². The van der Waals surface area contributed by atoms with Gasteiger partial charge in [-0.3, -0.25) is 14.4 Å². The second kappa shape index (κ2) is 54.0. The summed E-state index contributed by atoms with van der Waals surface area (Å²) < 4.78 is 16.9. The van der Waals surface area contributed by atoms with Crippen LogP contribution in [0.15, 0.2) is 0 Å². The lowest BCUT2D eigenvalue weighted by molar-refractivity contribution is -0.167. The van der Waals surface area contributed by atoms with Crippen molar-refractivity contribution in [3.8, 4) is 0 Å². The lowest BCUT2D eigenvalue weighted by Crippen LogP contribution is -2.30. The van der Waals surface area contributed by atoms with Crippen LogP contribution in [0.2, 0.25) is 0 Å². The first-order chi connectivity index (χ1) is 31.5. The molecule has 0 aliphatic rings. The lowest BCUT2D eigenvalue weighted by Gasteiger charge is -2.18. The third-order valence-corrected chi connectivity index (χ3v) is 13.2. The molecule has 0 fully saturated rings. The highest BCUT2D eigenvalue weighted by atomic mass is 16.6. The molecule has 0 aliphatic heterocycles. The van der Waals surface area contributed by atoms with E-state index in [-0.39, 0.29) is 31.1 Å². The number of carbonyl (C=O) groups is 3. The molecular formula is C57H111NO6. The van der Waals surface area contributed by atoms with Crippen molar-refractivity contribution in [1.29, 1.82) is 0 Å². The molecule has 0 aromatic rings. The molecule has 0 saturated heterocycles. The minimum atomic E-state index is -0.765. The zero-order valence-electron chi connectivity index (χ0n) is 43.2. The fourth-order valence-electron chi connectivity index (χ4n) is 8.87. The SMILES string of the molecule is CCCCCCCCCCCCCCCCCC(=O)OCC(COC(=O)CCCCCCCCCCCCCCCCCN)OC(=O)CCCCCCCCCCCCCCCCC. The number of nitrogens with two attached hydrogens (primary N) is 1. The molecule has 1 atom stereocenters. The van der Waals surface area contributed by atoms with Crippen LogP contribution in [-0.4, -0.2) is 43.8 Å². The Kier molecular flexibility index (Phi) is 52.6. The molecule has 380 valence electrons. The predicted molar refractivity (Wildman–Crippen MR) is 274 cm³/mol. The summed E-state index contributed by atoms with van der Waals surface area (Å²) in [6.07, 6.45) is 57.4. The zero-order chi connectivity index (χ0) is 46.5. The van der Waals surface area contributed by atoms with Crippen LogP contribution in [0.1, 0.15) is 322 Å². The largest absolute Gasteiger partial charge is 0.462 e. The molecule has 0 aromatic carbocycles. The van der Waals surface area contributed by atoms with E-state index in [1.165, 1.54) is 231 Å². The van der Waals surface area contributed by atoms with Gasteiger partial charge in [0.25, 0.3) is 0 Å². The van der Waals surface area contributed by atoms with Crippen molar-refractivity contribution in [2.45, 2.75) is 328 Å². The third-order valence-electron chi connectivity index (χ3n) is 13.2. The summed E-state index contributed by atoms with van der Waals surface area (Å²) in [6, 6.07) is 0. The van der Waals surface area contributed by atoms with Crippen molar-refractivity contribution in [2.24, 2.45) is 5.73 Å². The Bertz CT molecular complexity index is 958. The Morgan fingerprint density at radius 1 is 0.297 bits per heavy atom. The standard InChI is InChI=1S/C57H111NO6/c1-3-5-7-9-11-13-15-17-20-24-28-32-36-40-44-48-55(59)62-52-54(64-57(61)50-46-42-38-34-30-26-21-18-16-14-12-10-8-6-4-2)53-63-56(60)49-45-41-37-33-29-25-22-19-23-27-31-35-39-43-47-51-58/h54H,3-53,58H2,1-2H3. The van der Waals surface area contributed by atoms with E-state index in [1.807, 2.05) is 0 Å². The van der Waals surface area contributed by atoms with Crippen molar-refractivity contribution in [3.05, 3.63) is 0 Å². The summed E-state index contributed by atoms with van der Waals surface area (Å²) in [6.45, 7) is 5.25. The van der Waals surface area contributed by atoms with Crippen LogP contribution in [0, 0.1) is 0 Å². The highest BCUT2D eigenvalue weighted by Crippen LogP contribution is 2.17. The van der Waals surface area contributed by atoms with Gasteiger partial charge >= 0.3 is 17.9 Å². The first-order valence-corrected chi connectivity index (χ1v) is 28.7. The number of ether oxygens (including phenoxy) is 3. The van der Waals surface area contributed by atoms with Crippen LogP contribution in [-0.2, 0) is 28.6 Å². The molecule has 64 heavy (non-hydrogen) atoms. The van der Waals surface area contributed by atoms with E-state index in [0.717, 1.165) is 64.3 Å². The molecular weight excluding hydrogens is 795 g/mol. The quantitative estimate of drug-likeness (QED) is 0.0368. The van der Waals surface area contributed by atoms with Crippen molar-refractivity contribution in [2.75, 3.05) is 19.8 Å². The van der Waals surface area contributed by atoms with Crippen LogP contribution in [0.4, 0.5) is 0 Å². The summed E-state index contributed by atoms with van der Waals surface area (Å²) >= 11 is 0. The Morgan fingerprint density at radius 2 is 0.500 bits per heavy atom. The maximum Gasteiger partial charge on any atom is 0.306 e. The molecule has 2 N–H and O–H groups in total. The van der Waals surface area contributed by atoms with Crippen molar-refractivity contribution in [1.82, 2.24) is 0 Å². The van der Waals surface area contributed by atoms with Gasteiger partial charge in [-0.15, -0.1) is 0 Å². The first-order valence-electron chi connectivity index (χ1n) is 28.7. The first kappa shape index (κ1) is 62.4. The molecule has 0 aliphatic carbocycles. The summed E-state index contributed by atoms with van der Waals surface area (Å²) in [5, 5.41) is 0. The topological polar surface area (TPSA) is 105 Å². The van der Waals surface area contributed by atoms with Gasteiger partial charge in [0.15, 0.2) is 6.10 Å². The Hall–Kier alpha value is -1.63. The number of esters is 3. The summed E-state index contributed by atoms with van der Waals surface area (Å²) in [5.74, 6) is -0.843. The molecule has 7 heteroatoms. The summed E-state index contributed by atoms with van der Waals surface area (Å²) in [5.41, 5.74) is 5.57. The van der Waals surface area contributed by atoms with E-state index in [4.69, 9.17) is 19.9 Å². The average Bonchev–Trinajstić information content (AvgIpc) is 3.29. The predicted octanol–water partition coefficient (Wildman–Crippen LogP) is 17.7. The van der Waals surface area contributed by atoms with E-state index in [1.54, 1.807) is 0 Å². The monoisotopic (exact) mass is 906 g/mol. The Morgan fingerprint density at radius 3 is 0.734 bits per heavy atom. The van der Waals surface area contributed by atoms with Crippen LogP contribution in [0.5, 0.6) is 0 Å². The number of hydrogen-bond donors (Lipinski definition) is 1. The number of rotatable bonds is 54. The molecule has 0 aromatic heterocycles. The minimum Gasteiger partial charge on any atom is -0.462 e. The van der Waals surface area contributed by atoms with Crippen LogP contribution in [0.3, 0.4) is 0 Å². The molecule has 0 spiro atoms. The fraction of sp³-hybridized carbons (Fsp3) is 0.947. The highest BCUT2D eigenvalue weighted by Gasteiger charge is 2.19. The van der Waals surface area contributed by atoms with Gasteiger partial charge in [-0.1, -0.05) is 277 Å². The van der Waals surface area contributed by atoms with Crippen LogP contribution in [0.25, 0.3) is 0 Å². The smallest absolute Gasteiger partial charge is 0.306 e. The summed E-state index contributed by atoms with van der Waals surface area (Å²) in [4.78, 5) is 38.1. The maximum atomic E-state index is 12.8. The lowest BCUT2D eigenvalue weighted by atomic mass is 10.0. The molecule has 0 bridgehead atoms. The van der Waals surface area contributed by atoms with Gasteiger partial charge in [0.1, 0.15) is 13.2 Å². The van der Waals surface area contributed by atoms with Crippen molar-refractivity contribution in [3.63, 3.8) is 0 Å². The number of carbonyl (C=O) groups excluding carboxylic acids is 3.